The summed E-state index contributed by atoms with van der Waals surface area (Å²) in [6, 6.07) is 23.6. The highest BCUT2D eigenvalue weighted by atomic mass is 16.6. The van der Waals surface area contributed by atoms with E-state index in [2.05, 4.69) is 5.32 Å². The summed E-state index contributed by atoms with van der Waals surface area (Å²) in [5.41, 5.74) is -6.68. The Morgan fingerprint density at radius 2 is 1.40 bits per heavy atom. The van der Waals surface area contributed by atoms with E-state index >= 15 is 4.79 Å². The zero-order valence-corrected chi connectivity index (χ0v) is 35.3. The standard InChI is InChI=1S/C47H53NO14/c1-25-31(60-43(56)36(52)35(28-16-10-7-11-17-28)48-41(54)29-18-12-8-13-19-29)23-47(57)40(61-42(55)30-20-14-9-15-21-30)38-45(6,32(51)22-33-46(38,24-58-33)62-27(3)50)39(53)37(59-26(2)49)34(25)44(47,4)5/h7-21,31-33,35-38,40-41,48,51-52,54,57H,22-24H2,1-6H3/t31-,32-,33+,35-,36+,37+,38-,40-,41?,45+,46-,47+/m0/s1. The molecule has 3 fully saturated rings. The third-order valence-electron chi connectivity index (χ3n) is 13.6. The Balaban J connectivity index is 1.39. The van der Waals surface area contributed by atoms with Gasteiger partial charge in [-0.2, -0.15) is 0 Å². The Bertz CT molecular complexity index is 2230. The zero-order chi connectivity index (χ0) is 44.9. The molecule has 5 N–H and O–H groups in total. The van der Waals surface area contributed by atoms with Crippen molar-refractivity contribution in [1.29, 1.82) is 0 Å². The molecule has 3 aliphatic carbocycles. The highest BCUT2D eigenvalue weighted by molar-refractivity contribution is 5.95. The first-order valence-electron chi connectivity index (χ1n) is 20.6. The first-order chi connectivity index (χ1) is 29.3. The van der Waals surface area contributed by atoms with E-state index in [0.717, 1.165) is 13.8 Å². The van der Waals surface area contributed by atoms with Gasteiger partial charge in [0.25, 0.3) is 0 Å². The van der Waals surface area contributed by atoms with Crippen molar-refractivity contribution in [3.8, 4) is 0 Å². The van der Waals surface area contributed by atoms with Crippen molar-refractivity contribution in [2.45, 2.75) is 114 Å². The van der Waals surface area contributed by atoms with E-state index in [9.17, 15) is 39.6 Å². The molecule has 0 aromatic heterocycles. The summed E-state index contributed by atoms with van der Waals surface area (Å²) in [6.07, 6.45) is -11.7. The number of carbonyl (C=O) groups is 5. The molecule has 4 aliphatic rings. The molecule has 12 atom stereocenters. The fourth-order valence-electron chi connectivity index (χ4n) is 10.3. The second kappa shape index (κ2) is 16.8. The van der Waals surface area contributed by atoms with E-state index in [-0.39, 0.29) is 29.7 Å². The molecule has 0 amide bonds. The molecule has 1 heterocycles. The summed E-state index contributed by atoms with van der Waals surface area (Å²) < 4.78 is 30.3. The average Bonchev–Trinajstić information content (AvgIpc) is 3.24. The molecule has 3 aromatic carbocycles. The van der Waals surface area contributed by atoms with Crippen LogP contribution in [0.1, 0.15) is 88.1 Å². The molecule has 15 nitrogen and oxygen atoms in total. The minimum absolute atomic E-state index is 0.0112. The second-order valence-electron chi connectivity index (χ2n) is 17.5. The minimum atomic E-state index is -2.38. The summed E-state index contributed by atoms with van der Waals surface area (Å²) in [6.45, 7) is 8.03. The number of nitrogens with one attached hydrogen (secondary N) is 1. The molecule has 62 heavy (non-hydrogen) atoms. The van der Waals surface area contributed by atoms with Crippen LogP contribution in [0.2, 0.25) is 0 Å². The minimum Gasteiger partial charge on any atom is -0.456 e. The van der Waals surface area contributed by atoms with Gasteiger partial charge in [-0.05, 0) is 48.3 Å². The summed E-state index contributed by atoms with van der Waals surface area (Å²) in [5, 5.41) is 51.7. The van der Waals surface area contributed by atoms with E-state index in [1.54, 1.807) is 92.7 Å². The molecule has 1 saturated heterocycles. The van der Waals surface area contributed by atoms with E-state index in [1.807, 2.05) is 0 Å². The van der Waals surface area contributed by atoms with Gasteiger partial charge >= 0.3 is 23.9 Å². The number of esters is 4. The Morgan fingerprint density at radius 3 is 1.95 bits per heavy atom. The van der Waals surface area contributed by atoms with E-state index < -0.39 is 113 Å². The lowest BCUT2D eigenvalue weighted by Crippen LogP contribution is -2.82. The predicted molar refractivity (Wildman–Crippen MR) is 218 cm³/mol. The Hall–Kier alpha value is -5.29. The topological polar surface area (TPSA) is 224 Å². The van der Waals surface area contributed by atoms with Crippen molar-refractivity contribution in [3.05, 3.63) is 119 Å². The first kappa shape index (κ1) is 44.8. The number of rotatable bonds is 11. The highest BCUT2D eigenvalue weighted by Crippen LogP contribution is 2.64. The maximum absolute atomic E-state index is 15.5. The number of ketones is 1. The van der Waals surface area contributed by atoms with Gasteiger partial charge in [-0.3, -0.25) is 19.7 Å². The van der Waals surface area contributed by atoms with Crippen molar-refractivity contribution in [2.75, 3.05) is 6.61 Å². The third-order valence-corrected chi connectivity index (χ3v) is 13.6. The van der Waals surface area contributed by atoms with Crippen molar-refractivity contribution >= 4 is 29.7 Å². The SMILES string of the molecule is CC(=O)O[C@H]1C(=O)[C@@]2(C)[C@H]([C@H](OC(=O)c3ccccc3)[C@]3(O)C[C@H](OC(=O)[C@H](O)[C@@H](NC(O)c4ccccc4)c4ccccc4)C(C)=C1C3(C)C)[C@]1(OC(C)=O)CO[C@@H]1C[C@@H]2O. The van der Waals surface area contributed by atoms with Gasteiger partial charge in [-0.15, -0.1) is 0 Å². The van der Waals surface area contributed by atoms with Crippen LogP contribution in [0.15, 0.2) is 102 Å². The van der Waals surface area contributed by atoms with Gasteiger partial charge < -0.3 is 44.1 Å². The number of benzene rings is 3. The molecular weight excluding hydrogens is 803 g/mol. The van der Waals surface area contributed by atoms with Crippen LogP contribution in [0, 0.1) is 16.7 Å². The molecule has 0 spiro atoms. The molecular formula is C47H53NO14. The number of hydrogen-bond acceptors (Lipinski definition) is 15. The van der Waals surface area contributed by atoms with Crippen LogP contribution < -0.4 is 5.32 Å². The van der Waals surface area contributed by atoms with Gasteiger partial charge in [-0.25, -0.2) is 9.59 Å². The number of Topliss-reactive ketones (excluding diaryl/α,β-unsaturated/α-hetero) is 1. The monoisotopic (exact) mass is 855 g/mol. The smallest absolute Gasteiger partial charge is 0.338 e. The molecule has 1 aliphatic heterocycles. The van der Waals surface area contributed by atoms with Gasteiger partial charge in [0.15, 0.2) is 23.6 Å². The lowest BCUT2D eigenvalue weighted by Gasteiger charge is -2.67. The lowest BCUT2D eigenvalue weighted by molar-refractivity contribution is -0.346. The third kappa shape index (κ3) is 7.43. The normalized spacial score (nSPS) is 32.5. The van der Waals surface area contributed by atoms with E-state index in [0.29, 0.717) is 11.1 Å². The first-order valence-corrected chi connectivity index (χ1v) is 20.6. The number of ether oxygens (including phenoxy) is 5. The van der Waals surface area contributed by atoms with Crippen molar-refractivity contribution in [3.63, 3.8) is 0 Å². The molecule has 3 aromatic rings. The van der Waals surface area contributed by atoms with Crippen molar-refractivity contribution < 1.29 is 68.1 Å². The molecule has 1 unspecified atom stereocenters. The Morgan fingerprint density at radius 1 is 0.823 bits per heavy atom. The Labute approximate surface area is 359 Å². The van der Waals surface area contributed by atoms with Crippen molar-refractivity contribution in [1.82, 2.24) is 5.32 Å². The van der Waals surface area contributed by atoms with Crippen LogP contribution in [0.4, 0.5) is 0 Å². The molecule has 2 bridgehead atoms. The van der Waals surface area contributed by atoms with Crippen LogP contribution >= 0.6 is 0 Å². The second-order valence-corrected chi connectivity index (χ2v) is 17.5. The van der Waals surface area contributed by atoms with Crippen LogP contribution in [0.5, 0.6) is 0 Å². The number of hydrogen-bond donors (Lipinski definition) is 5. The zero-order valence-electron chi connectivity index (χ0n) is 35.3. The van der Waals surface area contributed by atoms with Gasteiger partial charge in [0.2, 0.25) is 0 Å². The molecule has 7 rings (SSSR count). The largest absolute Gasteiger partial charge is 0.456 e. The highest BCUT2D eigenvalue weighted by Gasteiger charge is 2.78. The quantitative estimate of drug-likeness (QED) is 0.0805. The predicted octanol–water partition coefficient (Wildman–Crippen LogP) is 3.59. The maximum Gasteiger partial charge on any atom is 0.338 e. The van der Waals surface area contributed by atoms with Crippen molar-refractivity contribution in [2.24, 2.45) is 16.7 Å². The number of aliphatic hydroxyl groups is 4. The summed E-state index contributed by atoms with van der Waals surface area (Å²) >= 11 is 0. The fourth-order valence-corrected chi connectivity index (χ4v) is 10.3. The van der Waals surface area contributed by atoms with Crippen LogP contribution in [0.3, 0.4) is 0 Å². The van der Waals surface area contributed by atoms with Gasteiger partial charge in [-0.1, -0.05) is 92.7 Å². The van der Waals surface area contributed by atoms with Gasteiger partial charge in [0.05, 0.1) is 35.6 Å². The van der Waals surface area contributed by atoms with E-state index in [4.69, 9.17) is 23.7 Å². The number of aliphatic hydroxyl groups excluding tert-OH is 3. The molecule has 15 heteroatoms. The van der Waals surface area contributed by atoms with Gasteiger partial charge in [0.1, 0.15) is 30.1 Å². The van der Waals surface area contributed by atoms with E-state index in [1.165, 1.54) is 26.0 Å². The fraction of sp³-hybridized carbons (Fsp3) is 0.468. The summed E-state index contributed by atoms with van der Waals surface area (Å²) in [4.78, 5) is 70.1. The number of carbonyl (C=O) groups excluding carboxylic acids is 5. The summed E-state index contributed by atoms with van der Waals surface area (Å²) in [7, 11) is 0. The number of fused-ring (bicyclic) bond motifs is 5. The lowest BCUT2D eigenvalue weighted by atomic mass is 9.44. The average molecular weight is 856 g/mol. The molecule has 330 valence electrons. The molecule has 0 radical (unpaired) electrons. The van der Waals surface area contributed by atoms with Crippen LogP contribution in [-0.2, 0) is 42.9 Å². The summed E-state index contributed by atoms with van der Waals surface area (Å²) in [5.74, 6) is -6.16. The molecule has 2 saturated carbocycles. The maximum atomic E-state index is 15.5. The van der Waals surface area contributed by atoms with Gasteiger partial charge in [0, 0.05) is 32.1 Å². The van der Waals surface area contributed by atoms with Crippen LogP contribution in [0.25, 0.3) is 0 Å². The Kier molecular flexibility index (Phi) is 12.1. The van der Waals surface area contributed by atoms with Crippen LogP contribution in [-0.4, -0.2) is 105 Å².